The Hall–Kier alpha value is -3.58. The number of nitrogens with one attached hydrogen (secondary N) is 2. The second-order valence-corrected chi connectivity index (χ2v) is 14.1. The minimum Gasteiger partial charge on any atom is -0.465 e. The Balaban J connectivity index is 1.49. The van der Waals surface area contributed by atoms with E-state index in [1.54, 1.807) is 49.1 Å². The SMILES string of the molecule is CCOC(=O)C1(COC2C=CC=CC2(C)[C@@H](NS(=O)(=O)c2ccc3[nH]c(=O)ccc3c2)C(=O)N(CC)Cc2cccs2)CC1. The highest BCUT2D eigenvalue weighted by Crippen LogP contribution is 2.48. The van der Waals surface area contributed by atoms with Gasteiger partial charge in [0.15, 0.2) is 0 Å². The van der Waals surface area contributed by atoms with Gasteiger partial charge in [-0.3, -0.25) is 14.4 Å². The first-order chi connectivity index (χ1) is 21.0. The number of carbonyl (C=O) groups is 2. The van der Waals surface area contributed by atoms with E-state index >= 15 is 0 Å². The highest BCUT2D eigenvalue weighted by molar-refractivity contribution is 7.89. The highest BCUT2D eigenvalue weighted by Gasteiger charge is 2.54. The van der Waals surface area contributed by atoms with Crippen LogP contribution in [0.25, 0.3) is 10.9 Å². The van der Waals surface area contributed by atoms with Crippen molar-refractivity contribution < 1.29 is 27.5 Å². The number of pyridine rings is 1. The first kappa shape index (κ1) is 31.8. The smallest absolute Gasteiger partial charge is 0.314 e. The lowest BCUT2D eigenvalue weighted by molar-refractivity contribution is -0.154. The number of fused-ring (bicyclic) bond motifs is 1. The van der Waals surface area contributed by atoms with Crippen LogP contribution in [0.5, 0.6) is 0 Å². The zero-order valence-corrected chi connectivity index (χ0v) is 26.6. The fourth-order valence-electron chi connectivity index (χ4n) is 5.40. The zero-order valence-electron chi connectivity index (χ0n) is 24.9. The molecule has 2 aliphatic carbocycles. The molecular formula is C32H37N3O7S2. The summed E-state index contributed by atoms with van der Waals surface area (Å²) in [5, 5.41) is 2.46. The van der Waals surface area contributed by atoms with E-state index in [0.717, 1.165) is 4.88 Å². The second-order valence-electron chi connectivity index (χ2n) is 11.4. The maximum absolute atomic E-state index is 14.4. The first-order valence-electron chi connectivity index (χ1n) is 14.6. The molecule has 5 rings (SSSR count). The van der Waals surface area contributed by atoms with Gasteiger partial charge < -0.3 is 19.4 Å². The van der Waals surface area contributed by atoms with Gasteiger partial charge in [0.2, 0.25) is 21.5 Å². The molecule has 0 spiro atoms. The number of hydrogen-bond acceptors (Lipinski definition) is 8. The van der Waals surface area contributed by atoms with Gasteiger partial charge in [0.05, 0.1) is 36.2 Å². The molecule has 234 valence electrons. The van der Waals surface area contributed by atoms with Crippen molar-refractivity contribution in [3.8, 4) is 0 Å². The molecule has 2 aromatic heterocycles. The van der Waals surface area contributed by atoms with Crippen molar-refractivity contribution in [3.63, 3.8) is 0 Å². The Morgan fingerprint density at radius 1 is 1.16 bits per heavy atom. The molecule has 0 radical (unpaired) electrons. The van der Waals surface area contributed by atoms with Gasteiger partial charge in [-0.1, -0.05) is 37.3 Å². The predicted octanol–water partition coefficient (Wildman–Crippen LogP) is 4.15. The van der Waals surface area contributed by atoms with Crippen molar-refractivity contribution in [1.82, 2.24) is 14.6 Å². The molecule has 2 aliphatic rings. The van der Waals surface area contributed by atoms with E-state index in [0.29, 0.717) is 36.8 Å². The minimum atomic E-state index is -4.25. The van der Waals surface area contributed by atoms with E-state index < -0.39 is 38.9 Å². The van der Waals surface area contributed by atoms with Gasteiger partial charge in [-0.2, -0.15) is 4.72 Å². The van der Waals surface area contributed by atoms with Crippen molar-refractivity contribution in [2.45, 2.75) is 57.2 Å². The molecule has 1 aromatic carbocycles. The second kappa shape index (κ2) is 12.8. The number of amides is 1. The number of thiophene rings is 1. The normalized spacial score (nSPS) is 21.2. The molecule has 2 unspecified atom stereocenters. The minimum absolute atomic E-state index is 0.0493. The van der Waals surface area contributed by atoms with Gasteiger partial charge in [-0.05, 0) is 67.8 Å². The molecule has 10 nitrogen and oxygen atoms in total. The number of sulfonamides is 1. The summed E-state index contributed by atoms with van der Waals surface area (Å²) in [5.74, 6) is -0.715. The Bertz CT molecular complexity index is 1740. The van der Waals surface area contributed by atoms with Gasteiger partial charge in [0, 0.05) is 28.4 Å². The van der Waals surface area contributed by atoms with E-state index in [1.807, 2.05) is 24.4 Å². The van der Waals surface area contributed by atoms with Crippen LogP contribution in [-0.4, -0.2) is 62.1 Å². The van der Waals surface area contributed by atoms with E-state index in [9.17, 15) is 22.8 Å². The number of allylic oxidation sites excluding steroid dienone is 2. The van der Waals surface area contributed by atoms with Crippen LogP contribution < -0.4 is 10.3 Å². The Labute approximate surface area is 260 Å². The molecule has 1 fully saturated rings. The van der Waals surface area contributed by atoms with E-state index in [1.165, 1.54) is 35.6 Å². The summed E-state index contributed by atoms with van der Waals surface area (Å²) in [4.78, 5) is 44.0. The number of nitrogens with zero attached hydrogens (tertiary/aromatic N) is 1. The van der Waals surface area contributed by atoms with Crippen molar-refractivity contribution in [1.29, 1.82) is 0 Å². The van der Waals surface area contributed by atoms with Gasteiger partial charge in [0.25, 0.3) is 0 Å². The number of hydrogen-bond donors (Lipinski definition) is 2. The average Bonchev–Trinajstić information content (AvgIpc) is 3.63. The number of H-pyrrole nitrogens is 1. The predicted molar refractivity (Wildman–Crippen MR) is 169 cm³/mol. The van der Waals surface area contributed by atoms with E-state index in [4.69, 9.17) is 9.47 Å². The van der Waals surface area contributed by atoms with Crippen LogP contribution in [0.3, 0.4) is 0 Å². The molecule has 1 amide bonds. The summed E-state index contributed by atoms with van der Waals surface area (Å²) in [6.45, 7) is 6.43. The summed E-state index contributed by atoms with van der Waals surface area (Å²) in [7, 11) is -4.25. The summed E-state index contributed by atoms with van der Waals surface area (Å²) in [6.07, 6.45) is 7.70. The monoisotopic (exact) mass is 639 g/mol. The summed E-state index contributed by atoms with van der Waals surface area (Å²) >= 11 is 1.52. The quantitative estimate of drug-likeness (QED) is 0.269. The first-order valence-corrected chi connectivity index (χ1v) is 17.0. The molecule has 3 aromatic rings. The molecule has 0 aliphatic heterocycles. The number of ether oxygens (including phenoxy) is 2. The van der Waals surface area contributed by atoms with Gasteiger partial charge in [-0.15, -0.1) is 11.3 Å². The Morgan fingerprint density at radius 3 is 2.64 bits per heavy atom. The maximum atomic E-state index is 14.4. The topological polar surface area (TPSA) is 135 Å². The molecule has 3 atom stereocenters. The molecule has 2 heterocycles. The lowest BCUT2D eigenvalue weighted by atomic mass is 9.74. The van der Waals surface area contributed by atoms with E-state index in [-0.39, 0.29) is 29.6 Å². The fraction of sp³-hybridized carbons (Fsp3) is 0.406. The number of carbonyl (C=O) groups excluding carboxylic acids is 2. The number of aromatic nitrogens is 1. The highest BCUT2D eigenvalue weighted by atomic mass is 32.2. The standard InChI is InChI=1S/C32H37N3O7S2/c1-4-35(20-23-9-8-18-43-23)29(37)28(34-44(39,40)24-12-13-25-22(19-24)11-14-27(36)33-25)31(3)15-7-6-10-26(31)42-21-32(16-17-32)30(38)41-5-2/h6-15,18-19,26,28,34H,4-5,16-17,20-21H2,1-3H3,(H,33,36)/t26?,28-,31?/m0/s1. The number of aromatic amines is 1. The Morgan fingerprint density at radius 2 is 1.95 bits per heavy atom. The number of benzene rings is 1. The number of rotatable bonds is 13. The molecular weight excluding hydrogens is 603 g/mol. The summed E-state index contributed by atoms with van der Waals surface area (Å²) in [5.41, 5.74) is -1.69. The third-order valence-corrected chi connectivity index (χ3v) is 10.6. The number of likely N-dealkylation sites (N-methyl/N-ethyl adjacent to an activating group) is 1. The van der Waals surface area contributed by atoms with Crippen LogP contribution in [0.4, 0.5) is 0 Å². The third-order valence-electron chi connectivity index (χ3n) is 8.33. The van der Waals surface area contributed by atoms with Crippen molar-refractivity contribution in [3.05, 3.63) is 87.4 Å². The van der Waals surface area contributed by atoms with E-state index in [2.05, 4.69) is 9.71 Å². The lowest BCUT2D eigenvalue weighted by Crippen LogP contribution is -2.59. The molecule has 1 saturated carbocycles. The van der Waals surface area contributed by atoms with Gasteiger partial charge in [-0.25, -0.2) is 8.42 Å². The molecule has 0 saturated heterocycles. The summed E-state index contributed by atoms with van der Waals surface area (Å²) in [6, 6.07) is 9.83. The van der Waals surface area contributed by atoms with Crippen LogP contribution in [0.2, 0.25) is 0 Å². The third kappa shape index (κ3) is 6.58. The molecule has 44 heavy (non-hydrogen) atoms. The molecule has 2 N–H and O–H groups in total. The van der Waals surface area contributed by atoms with Gasteiger partial charge >= 0.3 is 5.97 Å². The van der Waals surface area contributed by atoms with Crippen LogP contribution in [0.15, 0.2) is 81.8 Å². The largest absolute Gasteiger partial charge is 0.465 e. The Kier molecular flexibility index (Phi) is 9.26. The fourth-order valence-corrected chi connectivity index (χ4v) is 7.45. The van der Waals surface area contributed by atoms with Crippen molar-refractivity contribution in [2.24, 2.45) is 10.8 Å². The molecule has 0 bridgehead atoms. The van der Waals surface area contributed by atoms with Crippen LogP contribution in [-0.2, 0) is 35.6 Å². The van der Waals surface area contributed by atoms with Crippen molar-refractivity contribution >= 4 is 44.1 Å². The lowest BCUT2D eigenvalue weighted by Gasteiger charge is -2.42. The van der Waals surface area contributed by atoms with Crippen molar-refractivity contribution in [2.75, 3.05) is 19.8 Å². The van der Waals surface area contributed by atoms with Crippen LogP contribution >= 0.6 is 11.3 Å². The number of esters is 1. The maximum Gasteiger partial charge on any atom is 0.314 e. The van der Waals surface area contributed by atoms with Gasteiger partial charge in [0.1, 0.15) is 6.04 Å². The summed E-state index contributed by atoms with van der Waals surface area (Å²) < 4.78 is 42.3. The average molecular weight is 640 g/mol. The van der Waals surface area contributed by atoms with Crippen LogP contribution in [0, 0.1) is 10.8 Å². The zero-order chi connectivity index (χ0) is 31.5. The van der Waals surface area contributed by atoms with Crippen LogP contribution in [0.1, 0.15) is 38.5 Å². The molecule has 12 heteroatoms.